The van der Waals surface area contributed by atoms with Crippen molar-refractivity contribution in [3.8, 4) is 0 Å². The van der Waals surface area contributed by atoms with Crippen LogP contribution in [0.3, 0.4) is 0 Å². The highest BCUT2D eigenvalue weighted by atomic mass is 16.1. The normalized spacial score (nSPS) is 13.9. The molecule has 0 amide bonds. The highest BCUT2D eigenvalue weighted by Gasteiger charge is 2.31. The van der Waals surface area contributed by atoms with E-state index in [9.17, 15) is 4.79 Å². The summed E-state index contributed by atoms with van der Waals surface area (Å²) in [7, 11) is 0. The van der Waals surface area contributed by atoms with Crippen LogP contribution >= 0.6 is 0 Å². The second kappa shape index (κ2) is 8.62. The number of nitrogens with zero attached hydrogens (tertiary/aromatic N) is 1. The van der Waals surface area contributed by atoms with E-state index in [-0.39, 0.29) is 22.8 Å². The standard InChI is InChI=1S/C24H32N2O/c1-23(2,3)25-17-20(26-24(4,5)6)22(27)21(18-13-9-7-10-14-18)19-15-11-8-12-16-19/h7-17,20-21,26H,1-6H3. The van der Waals surface area contributed by atoms with Crippen LogP contribution < -0.4 is 5.32 Å². The van der Waals surface area contributed by atoms with Gasteiger partial charge in [0.2, 0.25) is 0 Å². The molecule has 1 atom stereocenters. The summed E-state index contributed by atoms with van der Waals surface area (Å²) in [5.41, 5.74) is 1.56. The molecule has 0 aliphatic rings. The molecule has 1 N–H and O–H groups in total. The topological polar surface area (TPSA) is 41.5 Å². The lowest BCUT2D eigenvalue weighted by molar-refractivity contribution is -0.120. The molecular weight excluding hydrogens is 332 g/mol. The fourth-order valence-electron chi connectivity index (χ4n) is 2.94. The van der Waals surface area contributed by atoms with Crippen molar-refractivity contribution in [3.63, 3.8) is 0 Å². The minimum absolute atomic E-state index is 0.107. The van der Waals surface area contributed by atoms with Gasteiger partial charge in [-0.05, 0) is 52.7 Å². The van der Waals surface area contributed by atoms with Gasteiger partial charge >= 0.3 is 0 Å². The average molecular weight is 365 g/mol. The highest BCUT2D eigenvalue weighted by molar-refractivity contribution is 6.04. The maximum absolute atomic E-state index is 13.7. The van der Waals surface area contributed by atoms with Crippen molar-refractivity contribution in [1.82, 2.24) is 5.32 Å². The van der Waals surface area contributed by atoms with E-state index in [4.69, 9.17) is 0 Å². The number of aliphatic imine (C=N–C) groups is 1. The van der Waals surface area contributed by atoms with Crippen LogP contribution in [0.4, 0.5) is 0 Å². The third-order valence-corrected chi connectivity index (χ3v) is 4.06. The predicted molar refractivity (Wildman–Crippen MR) is 115 cm³/mol. The molecule has 144 valence electrons. The Hall–Kier alpha value is -2.26. The molecule has 0 radical (unpaired) electrons. The third-order valence-electron chi connectivity index (χ3n) is 4.06. The van der Waals surface area contributed by atoms with Gasteiger partial charge in [0, 0.05) is 11.8 Å². The lowest BCUT2D eigenvalue weighted by Crippen LogP contribution is -2.50. The summed E-state index contributed by atoms with van der Waals surface area (Å²) >= 11 is 0. The second-order valence-corrected chi connectivity index (χ2v) is 8.98. The number of benzene rings is 2. The summed E-state index contributed by atoms with van der Waals surface area (Å²) in [6, 6.07) is 19.5. The fraction of sp³-hybridized carbons (Fsp3) is 0.417. The van der Waals surface area contributed by atoms with Gasteiger partial charge in [-0.3, -0.25) is 15.1 Å². The first-order valence-corrected chi connectivity index (χ1v) is 9.53. The number of carbonyl (C=O) groups is 1. The number of nitrogens with one attached hydrogen (secondary N) is 1. The van der Waals surface area contributed by atoms with Crippen molar-refractivity contribution >= 4 is 12.0 Å². The highest BCUT2D eigenvalue weighted by Crippen LogP contribution is 2.27. The largest absolute Gasteiger partial charge is 0.298 e. The predicted octanol–water partition coefficient (Wildman–Crippen LogP) is 5.01. The first-order valence-electron chi connectivity index (χ1n) is 9.53. The van der Waals surface area contributed by atoms with Crippen LogP contribution in [0, 0.1) is 0 Å². The van der Waals surface area contributed by atoms with Gasteiger partial charge in [0.25, 0.3) is 0 Å². The van der Waals surface area contributed by atoms with Crippen LogP contribution in [0.5, 0.6) is 0 Å². The van der Waals surface area contributed by atoms with Crippen molar-refractivity contribution in [1.29, 1.82) is 0 Å². The first-order chi connectivity index (χ1) is 12.6. The molecule has 27 heavy (non-hydrogen) atoms. The minimum Gasteiger partial charge on any atom is -0.298 e. The van der Waals surface area contributed by atoms with Crippen molar-refractivity contribution in [2.24, 2.45) is 4.99 Å². The number of hydrogen-bond acceptors (Lipinski definition) is 3. The van der Waals surface area contributed by atoms with Gasteiger partial charge in [-0.15, -0.1) is 0 Å². The molecule has 1 unspecified atom stereocenters. The third kappa shape index (κ3) is 6.76. The molecule has 0 bridgehead atoms. The van der Waals surface area contributed by atoms with E-state index >= 15 is 0 Å². The molecule has 0 saturated heterocycles. The molecule has 2 aromatic rings. The summed E-state index contributed by atoms with van der Waals surface area (Å²) in [6.45, 7) is 12.3. The molecule has 3 nitrogen and oxygen atoms in total. The van der Waals surface area contributed by atoms with Crippen LogP contribution in [0.1, 0.15) is 58.6 Å². The molecule has 0 fully saturated rings. The Balaban J connectivity index is 2.47. The van der Waals surface area contributed by atoms with Gasteiger partial charge in [0.1, 0.15) is 6.04 Å². The number of hydrogen-bond donors (Lipinski definition) is 1. The van der Waals surface area contributed by atoms with E-state index in [0.717, 1.165) is 11.1 Å². The average Bonchev–Trinajstić information content (AvgIpc) is 2.59. The van der Waals surface area contributed by atoms with Crippen LogP contribution in [-0.2, 0) is 4.79 Å². The SMILES string of the molecule is CC(C)(C)N=CC(NC(C)(C)C)C(=O)C(c1ccccc1)c1ccccc1. The lowest BCUT2D eigenvalue weighted by Gasteiger charge is -2.29. The van der Waals surface area contributed by atoms with Crippen LogP contribution in [0.15, 0.2) is 65.7 Å². The fourth-order valence-corrected chi connectivity index (χ4v) is 2.94. The van der Waals surface area contributed by atoms with Crippen LogP contribution in [0.25, 0.3) is 0 Å². The van der Waals surface area contributed by atoms with Crippen molar-refractivity contribution in [2.45, 2.75) is 64.6 Å². The summed E-state index contributed by atoms with van der Waals surface area (Å²) in [4.78, 5) is 18.3. The number of ketones is 1. The number of rotatable bonds is 6. The Kier molecular flexibility index (Phi) is 6.72. The first kappa shape index (κ1) is 21.0. The number of Topliss-reactive ketones (excluding diaryl/α,β-unsaturated/α-hetero) is 1. The zero-order valence-electron chi connectivity index (χ0n) is 17.4. The van der Waals surface area contributed by atoms with Crippen LogP contribution in [0.2, 0.25) is 0 Å². The molecule has 0 aliphatic heterocycles. The maximum atomic E-state index is 13.7. The van der Waals surface area contributed by atoms with Gasteiger partial charge < -0.3 is 0 Å². The Bertz CT molecular complexity index is 713. The Morgan fingerprint density at radius 3 is 1.67 bits per heavy atom. The Morgan fingerprint density at radius 2 is 1.30 bits per heavy atom. The summed E-state index contributed by atoms with van der Waals surface area (Å²) in [5.74, 6) is -0.228. The minimum atomic E-state index is -0.463. The van der Waals surface area contributed by atoms with Crippen molar-refractivity contribution in [2.75, 3.05) is 0 Å². The van der Waals surface area contributed by atoms with Crippen LogP contribution in [-0.4, -0.2) is 29.1 Å². The molecule has 3 heteroatoms. The van der Waals surface area contributed by atoms with E-state index in [1.165, 1.54) is 0 Å². The quantitative estimate of drug-likeness (QED) is 0.732. The monoisotopic (exact) mass is 364 g/mol. The van der Waals surface area contributed by atoms with E-state index < -0.39 is 6.04 Å². The van der Waals surface area contributed by atoms with E-state index in [2.05, 4.69) is 31.1 Å². The maximum Gasteiger partial charge on any atom is 0.167 e. The summed E-state index contributed by atoms with van der Waals surface area (Å²) < 4.78 is 0. The molecular formula is C24H32N2O. The summed E-state index contributed by atoms with van der Waals surface area (Å²) in [6.07, 6.45) is 1.78. The number of carbonyl (C=O) groups excluding carboxylic acids is 1. The summed E-state index contributed by atoms with van der Waals surface area (Å²) in [5, 5.41) is 3.45. The molecule has 0 aliphatic carbocycles. The molecule has 0 saturated carbocycles. The van der Waals surface area contributed by atoms with Gasteiger partial charge in [-0.2, -0.15) is 0 Å². The van der Waals surface area contributed by atoms with Crippen molar-refractivity contribution < 1.29 is 4.79 Å². The molecule has 0 spiro atoms. The molecule has 0 aromatic heterocycles. The zero-order valence-corrected chi connectivity index (χ0v) is 17.4. The lowest BCUT2D eigenvalue weighted by atomic mass is 9.84. The van der Waals surface area contributed by atoms with Gasteiger partial charge in [-0.25, -0.2) is 0 Å². The molecule has 2 rings (SSSR count). The Labute approximate surface area is 163 Å². The smallest absolute Gasteiger partial charge is 0.167 e. The van der Waals surface area contributed by atoms with E-state index in [1.54, 1.807) is 6.21 Å². The molecule has 0 heterocycles. The molecule has 2 aromatic carbocycles. The zero-order chi connectivity index (χ0) is 20.1. The Morgan fingerprint density at radius 1 is 0.852 bits per heavy atom. The van der Waals surface area contributed by atoms with Gasteiger partial charge in [-0.1, -0.05) is 60.7 Å². The van der Waals surface area contributed by atoms with E-state index in [0.29, 0.717) is 0 Å². The van der Waals surface area contributed by atoms with Gasteiger partial charge in [0.05, 0.1) is 11.5 Å². The second-order valence-electron chi connectivity index (χ2n) is 8.98. The van der Waals surface area contributed by atoms with E-state index in [1.807, 2.05) is 81.4 Å². The van der Waals surface area contributed by atoms with Crippen molar-refractivity contribution in [3.05, 3.63) is 71.8 Å². The van der Waals surface area contributed by atoms with Gasteiger partial charge in [0.15, 0.2) is 5.78 Å².